The lowest BCUT2D eigenvalue weighted by molar-refractivity contribution is 0.0702. The van der Waals surface area contributed by atoms with Gasteiger partial charge in [-0.3, -0.25) is 0 Å². The quantitative estimate of drug-likeness (QED) is 0.726. The maximum Gasteiger partial charge on any atom is 0.345 e. The van der Waals surface area contributed by atoms with Gasteiger partial charge in [0.25, 0.3) is 0 Å². The van der Waals surface area contributed by atoms with Crippen molar-refractivity contribution in [2.24, 2.45) is 0 Å². The lowest BCUT2D eigenvalue weighted by Gasteiger charge is -1.93. The molecule has 0 aliphatic carbocycles. The van der Waals surface area contributed by atoms with Gasteiger partial charge in [-0.25, -0.2) is 14.8 Å². The minimum absolute atomic E-state index is 0.0429. The van der Waals surface area contributed by atoms with Crippen LogP contribution in [0.5, 0.6) is 0 Å². The van der Waals surface area contributed by atoms with Crippen LogP contribution in [0.3, 0.4) is 0 Å². The molecule has 7 heteroatoms. The largest absolute Gasteiger partial charge is 0.477 e. The Hall–Kier alpha value is -1.40. The van der Waals surface area contributed by atoms with E-state index >= 15 is 0 Å². The molecule has 0 aromatic carbocycles. The predicted octanol–water partition coefficient (Wildman–Crippen LogP) is 1.63. The number of thiophene rings is 1. The Kier molecular flexibility index (Phi) is 2.01. The first-order valence-electron chi connectivity index (χ1n) is 3.54. The first kappa shape index (κ1) is 9.17. The average molecular weight is 230 g/mol. The normalized spacial score (nSPS) is 10.6. The molecule has 0 saturated heterocycles. The molecular formula is C7H4ClN3O2S. The van der Waals surface area contributed by atoms with Crippen molar-refractivity contribution in [3.05, 3.63) is 16.1 Å². The van der Waals surface area contributed by atoms with Crippen molar-refractivity contribution in [3.63, 3.8) is 0 Å². The minimum Gasteiger partial charge on any atom is -0.477 e. The van der Waals surface area contributed by atoms with Gasteiger partial charge in [-0.05, 0) is 6.07 Å². The number of carbonyl (C=O) groups is 1. The summed E-state index contributed by atoms with van der Waals surface area (Å²) in [6, 6.07) is 1.43. The highest BCUT2D eigenvalue weighted by atomic mass is 35.5. The molecule has 0 amide bonds. The van der Waals surface area contributed by atoms with Gasteiger partial charge in [0, 0.05) is 5.39 Å². The fourth-order valence-corrected chi connectivity index (χ4v) is 2.17. The summed E-state index contributed by atoms with van der Waals surface area (Å²) >= 11 is 6.78. The highest BCUT2D eigenvalue weighted by molar-refractivity contribution is 7.20. The fourth-order valence-electron chi connectivity index (χ4n) is 1.01. The number of hydrogen-bond donors (Lipinski definition) is 2. The second-order valence-electron chi connectivity index (χ2n) is 2.51. The first-order chi connectivity index (χ1) is 6.58. The molecule has 0 bridgehead atoms. The predicted molar refractivity (Wildman–Crippen MR) is 53.8 cm³/mol. The van der Waals surface area contributed by atoms with Crippen LogP contribution in [-0.2, 0) is 0 Å². The van der Waals surface area contributed by atoms with Gasteiger partial charge < -0.3 is 10.8 Å². The zero-order valence-corrected chi connectivity index (χ0v) is 8.26. The molecule has 0 spiro atoms. The first-order valence-corrected chi connectivity index (χ1v) is 4.73. The number of halogens is 1. The van der Waals surface area contributed by atoms with Crippen molar-refractivity contribution in [2.75, 3.05) is 5.73 Å². The zero-order chi connectivity index (χ0) is 10.3. The van der Waals surface area contributed by atoms with Crippen LogP contribution in [0, 0.1) is 0 Å². The molecule has 2 rings (SSSR count). The molecule has 0 aliphatic heterocycles. The van der Waals surface area contributed by atoms with Crippen LogP contribution < -0.4 is 5.73 Å². The van der Waals surface area contributed by atoms with Gasteiger partial charge in [0.05, 0.1) is 0 Å². The molecule has 14 heavy (non-hydrogen) atoms. The van der Waals surface area contributed by atoms with E-state index in [1.807, 2.05) is 0 Å². The number of carboxylic acids is 1. The van der Waals surface area contributed by atoms with Crippen LogP contribution in [0.15, 0.2) is 6.07 Å². The molecule has 5 nitrogen and oxygen atoms in total. The molecule has 0 unspecified atom stereocenters. The van der Waals surface area contributed by atoms with Crippen molar-refractivity contribution in [1.29, 1.82) is 0 Å². The van der Waals surface area contributed by atoms with Crippen molar-refractivity contribution in [2.45, 2.75) is 0 Å². The van der Waals surface area contributed by atoms with E-state index in [1.165, 1.54) is 6.07 Å². The smallest absolute Gasteiger partial charge is 0.345 e. The molecular weight excluding hydrogens is 226 g/mol. The molecule has 2 heterocycles. The Bertz CT molecular complexity index is 525. The van der Waals surface area contributed by atoms with Gasteiger partial charge in [-0.2, -0.15) is 0 Å². The number of fused-ring (bicyclic) bond motifs is 1. The van der Waals surface area contributed by atoms with E-state index in [-0.39, 0.29) is 16.0 Å². The molecule has 0 radical (unpaired) electrons. The number of hydrogen-bond acceptors (Lipinski definition) is 5. The topological polar surface area (TPSA) is 89.1 Å². The molecule has 0 fully saturated rings. The fraction of sp³-hybridized carbons (Fsp3) is 0. The third-order valence-corrected chi connectivity index (χ3v) is 2.88. The summed E-state index contributed by atoms with van der Waals surface area (Å²) in [5.74, 6) is -0.969. The van der Waals surface area contributed by atoms with E-state index in [1.54, 1.807) is 0 Å². The Balaban J connectivity index is 2.76. The number of aromatic carboxylic acids is 1. The number of nitrogens with two attached hydrogens (primary N) is 1. The summed E-state index contributed by atoms with van der Waals surface area (Å²) in [7, 11) is 0. The second kappa shape index (κ2) is 3.07. The van der Waals surface area contributed by atoms with E-state index in [4.69, 9.17) is 22.4 Å². The highest BCUT2D eigenvalue weighted by Gasteiger charge is 2.12. The number of nitrogens with zero attached hydrogens (tertiary/aromatic N) is 2. The lowest BCUT2D eigenvalue weighted by Crippen LogP contribution is -1.93. The monoisotopic (exact) mass is 229 g/mol. The second-order valence-corrected chi connectivity index (χ2v) is 3.90. The molecule has 0 saturated carbocycles. The van der Waals surface area contributed by atoms with Gasteiger partial charge >= 0.3 is 5.97 Å². The maximum atomic E-state index is 10.7. The standard InChI is InChI=1S/C7H4ClN3O2S/c8-4-2-1-3(6(12)13)14-5(2)11-7(9)10-4/h1H,(H,12,13)(H2,9,10,11). The van der Waals surface area contributed by atoms with E-state index in [2.05, 4.69) is 9.97 Å². The van der Waals surface area contributed by atoms with Crippen LogP contribution in [0.1, 0.15) is 9.67 Å². The number of anilines is 1. The Morgan fingerprint density at radius 1 is 1.57 bits per heavy atom. The number of carboxylic acid groups (broad SMARTS) is 1. The van der Waals surface area contributed by atoms with Crippen molar-refractivity contribution in [1.82, 2.24) is 9.97 Å². The van der Waals surface area contributed by atoms with Crippen LogP contribution >= 0.6 is 22.9 Å². The van der Waals surface area contributed by atoms with Crippen LogP contribution in [-0.4, -0.2) is 21.0 Å². The van der Waals surface area contributed by atoms with E-state index in [0.29, 0.717) is 10.2 Å². The average Bonchev–Trinajstić information content (AvgIpc) is 2.47. The highest BCUT2D eigenvalue weighted by Crippen LogP contribution is 2.29. The van der Waals surface area contributed by atoms with Gasteiger partial charge in [0.2, 0.25) is 5.95 Å². The summed E-state index contributed by atoms with van der Waals surface area (Å²) in [6.45, 7) is 0. The molecule has 0 atom stereocenters. The van der Waals surface area contributed by atoms with Crippen LogP contribution in [0.25, 0.3) is 10.2 Å². The van der Waals surface area contributed by atoms with Crippen molar-refractivity contribution < 1.29 is 9.90 Å². The third kappa shape index (κ3) is 1.38. The summed E-state index contributed by atoms with van der Waals surface area (Å²) in [6.07, 6.45) is 0. The number of aromatic nitrogens is 2. The zero-order valence-electron chi connectivity index (χ0n) is 6.69. The Morgan fingerprint density at radius 3 is 2.93 bits per heavy atom. The molecule has 3 N–H and O–H groups in total. The molecule has 2 aromatic heterocycles. The maximum absolute atomic E-state index is 10.7. The summed E-state index contributed by atoms with van der Waals surface area (Å²) < 4.78 is 0. The van der Waals surface area contributed by atoms with Crippen molar-refractivity contribution in [3.8, 4) is 0 Å². The van der Waals surface area contributed by atoms with E-state index < -0.39 is 5.97 Å². The summed E-state index contributed by atoms with van der Waals surface area (Å²) in [5.41, 5.74) is 5.36. The lowest BCUT2D eigenvalue weighted by atomic mass is 10.4. The van der Waals surface area contributed by atoms with Crippen LogP contribution in [0.4, 0.5) is 5.95 Å². The van der Waals surface area contributed by atoms with Gasteiger partial charge in [-0.1, -0.05) is 11.6 Å². The number of rotatable bonds is 1. The number of nitrogen functional groups attached to an aromatic ring is 1. The minimum atomic E-state index is -1.01. The van der Waals surface area contributed by atoms with E-state index in [0.717, 1.165) is 11.3 Å². The van der Waals surface area contributed by atoms with E-state index in [9.17, 15) is 4.79 Å². The van der Waals surface area contributed by atoms with Gasteiger partial charge in [0.15, 0.2) is 0 Å². The third-order valence-electron chi connectivity index (χ3n) is 1.57. The molecule has 72 valence electrons. The molecule has 0 aliphatic rings. The summed E-state index contributed by atoms with van der Waals surface area (Å²) in [4.78, 5) is 18.9. The Morgan fingerprint density at radius 2 is 2.29 bits per heavy atom. The van der Waals surface area contributed by atoms with Gasteiger partial charge in [0.1, 0.15) is 14.9 Å². The van der Waals surface area contributed by atoms with Crippen LogP contribution in [0.2, 0.25) is 5.15 Å². The molecule has 2 aromatic rings. The van der Waals surface area contributed by atoms with Gasteiger partial charge in [-0.15, -0.1) is 11.3 Å². The summed E-state index contributed by atoms with van der Waals surface area (Å²) in [5, 5.41) is 9.43. The van der Waals surface area contributed by atoms with Crippen molar-refractivity contribution >= 4 is 45.1 Å². The SMILES string of the molecule is Nc1nc(Cl)c2cc(C(=O)O)sc2n1. The Labute approximate surface area is 87.2 Å².